The number of anilines is 2. The van der Waals surface area contributed by atoms with Crippen molar-refractivity contribution in [1.82, 2.24) is 24.9 Å². The zero-order valence-electron chi connectivity index (χ0n) is 29.3. The van der Waals surface area contributed by atoms with Crippen molar-refractivity contribution in [1.29, 1.82) is 0 Å². The predicted octanol–water partition coefficient (Wildman–Crippen LogP) is 4.04. The first-order valence-electron chi connectivity index (χ1n) is 18.0. The minimum atomic E-state index is -0.639. The minimum absolute atomic E-state index is 0.0982. The van der Waals surface area contributed by atoms with Crippen LogP contribution in [0.1, 0.15) is 66.8 Å². The van der Waals surface area contributed by atoms with Crippen LogP contribution in [0.4, 0.5) is 11.4 Å². The van der Waals surface area contributed by atoms with Crippen molar-refractivity contribution in [3.63, 3.8) is 0 Å². The van der Waals surface area contributed by atoms with Gasteiger partial charge in [-0.1, -0.05) is 23.7 Å². The number of likely N-dealkylation sites (N-methyl/N-ethyl adjacent to an activating group) is 1. The van der Waals surface area contributed by atoms with Crippen LogP contribution in [0.3, 0.4) is 0 Å². The van der Waals surface area contributed by atoms with Crippen molar-refractivity contribution in [3.8, 4) is 5.75 Å². The molecule has 1 spiro atoms. The third-order valence-corrected chi connectivity index (χ3v) is 11.7. The number of piperidine rings is 4. The van der Waals surface area contributed by atoms with Crippen LogP contribution in [-0.2, 0) is 16.6 Å². The van der Waals surface area contributed by atoms with Crippen LogP contribution in [-0.4, -0.2) is 95.8 Å². The van der Waals surface area contributed by atoms with E-state index in [-0.39, 0.29) is 45.7 Å². The van der Waals surface area contributed by atoms with Crippen LogP contribution >= 0.6 is 11.6 Å². The Balaban J connectivity index is 0.887. The number of rotatable bonds is 7. The maximum Gasteiger partial charge on any atom is 0.287 e. The summed E-state index contributed by atoms with van der Waals surface area (Å²) in [4.78, 5) is 56.0. The lowest BCUT2D eigenvalue weighted by Gasteiger charge is -2.47. The Morgan fingerprint density at radius 2 is 1.63 bits per heavy atom. The Labute approximate surface area is 303 Å². The summed E-state index contributed by atoms with van der Waals surface area (Å²) in [6.45, 7) is 5.20. The SMILES string of the molecule is CN1C[C@H](Nc2cnn(C)c(=O)c2Cl)C[C@H](c2ccc(C(=O)N3CCC4(CC3)CCN(c3ccc(OC5CCC(=O)NC5=O)cc3)CC4)cc2)C1. The molecule has 4 fully saturated rings. The van der Waals surface area contributed by atoms with E-state index in [1.807, 2.05) is 41.3 Å². The van der Waals surface area contributed by atoms with E-state index in [1.165, 1.54) is 10.2 Å². The smallest absolute Gasteiger partial charge is 0.287 e. The second-order valence-electron chi connectivity index (χ2n) is 14.7. The number of likely N-dealkylation sites (tertiary alicyclic amines) is 2. The van der Waals surface area contributed by atoms with Crippen LogP contribution in [0, 0.1) is 5.41 Å². The molecule has 1 aromatic heterocycles. The molecule has 3 atom stereocenters. The molecule has 5 heterocycles. The van der Waals surface area contributed by atoms with Crippen molar-refractivity contribution >= 4 is 40.7 Å². The Bertz CT molecular complexity index is 1810. The van der Waals surface area contributed by atoms with E-state index in [0.717, 1.165) is 82.6 Å². The fourth-order valence-corrected chi connectivity index (χ4v) is 8.41. The van der Waals surface area contributed by atoms with Gasteiger partial charge < -0.3 is 24.8 Å². The molecule has 51 heavy (non-hydrogen) atoms. The molecule has 12 nitrogen and oxygen atoms in total. The average Bonchev–Trinajstić information content (AvgIpc) is 3.14. The average molecular weight is 716 g/mol. The van der Waals surface area contributed by atoms with Crippen molar-refractivity contribution in [3.05, 3.63) is 81.2 Å². The summed E-state index contributed by atoms with van der Waals surface area (Å²) in [6, 6.07) is 16.1. The molecule has 2 aromatic carbocycles. The van der Waals surface area contributed by atoms with Gasteiger partial charge in [0, 0.05) is 76.5 Å². The van der Waals surface area contributed by atoms with E-state index in [4.69, 9.17) is 16.3 Å². The Kier molecular flexibility index (Phi) is 10.1. The first-order valence-corrected chi connectivity index (χ1v) is 18.4. The van der Waals surface area contributed by atoms with Crippen LogP contribution in [0.5, 0.6) is 5.75 Å². The molecule has 0 aliphatic carbocycles. The zero-order chi connectivity index (χ0) is 35.7. The van der Waals surface area contributed by atoms with Gasteiger partial charge in [-0.3, -0.25) is 24.5 Å². The fraction of sp³-hybridized carbons (Fsp3) is 0.500. The molecule has 270 valence electrons. The van der Waals surface area contributed by atoms with Crippen molar-refractivity contribution < 1.29 is 19.1 Å². The molecule has 1 unspecified atom stereocenters. The van der Waals surface area contributed by atoms with Gasteiger partial charge in [0.2, 0.25) is 5.91 Å². The Morgan fingerprint density at radius 1 is 0.941 bits per heavy atom. The lowest BCUT2D eigenvalue weighted by molar-refractivity contribution is -0.138. The van der Waals surface area contributed by atoms with Crippen LogP contribution in [0.25, 0.3) is 0 Å². The van der Waals surface area contributed by atoms with Gasteiger partial charge in [-0.2, -0.15) is 5.10 Å². The third kappa shape index (κ3) is 7.77. The van der Waals surface area contributed by atoms with Crippen molar-refractivity contribution in [2.75, 3.05) is 56.5 Å². The van der Waals surface area contributed by atoms with Gasteiger partial charge in [0.25, 0.3) is 17.4 Å². The Morgan fingerprint density at radius 3 is 2.31 bits per heavy atom. The monoisotopic (exact) mass is 715 g/mol. The molecule has 4 aliphatic heterocycles. The number of hydrogen-bond donors (Lipinski definition) is 2. The van der Waals surface area contributed by atoms with E-state index in [9.17, 15) is 19.2 Å². The molecule has 4 saturated heterocycles. The zero-order valence-corrected chi connectivity index (χ0v) is 30.0. The summed E-state index contributed by atoms with van der Waals surface area (Å²) in [5.41, 5.74) is 3.55. The largest absolute Gasteiger partial charge is 0.481 e. The van der Waals surface area contributed by atoms with Gasteiger partial charge in [0.05, 0.1) is 11.9 Å². The molecular formula is C38H46ClN7O5. The number of amides is 3. The standard InChI is InChI=1S/C38H46ClN7O5/c1-43-23-27(21-28(24-43)41-31-22-40-44(2)37(50)34(31)39)25-3-5-26(6-4-25)36(49)46-19-15-38(16-20-46)13-17-45(18-14-38)29-7-9-30(10-8-29)51-32-11-12-33(47)42-35(32)48/h3-10,22,27-28,32,41H,11-21,23-24H2,1-2H3,(H,42,47,48)/t27-,28+,32?/m0/s1. The molecule has 13 heteroatoms. The second kappa shape index (κ2) is 14.7. The molecule has 0 radical (unpaired) electrons. The highest BCUT2D eigenvalue weighted by atomic mass is 35.5. The molecule has 4 aliphatic rings. The van der Waals surface area contributed by atoms with E-state index in [2.05, 4.69) is 44.7 Å². The number of nitrogens with one attached hydrogen (secondary N) is 2. The molecule has 3 aromatic rings. The summed E-state index contributed by atoms with van der Waals surface area (Å²) in [7, 11) is 3.67. The number of ether oxygens (including phenoxy) is 1. The van der Waals surface area contributed by atoms with Gasteiger partial charge in [-0.15, -0.1) is 0 Å². The highest BCUT2D eigenvalue weighted by Gasteiger charge is 2.39. The predicted molar refractivity (Wildman–Crippen MR) is 195 cm³/mol. The third-order valence-electron chi connectivity index (χ3n) is 11.3. The van der Waals surface area contributed by atoms with Crippen LogP contribution < -0.4 is 25.8 Å². The molecular weight excluding hydrogens is 670 g/mol. The summed E-state index contributed by atoms with van der Waals surface area (Å²) in [6.07, 6.45) is 6.73. The lowest BCUT2D eigenvalue weighted by Crippen LogP contribution is -2.48. The van der Waals surface area contributed by atoms with Crippen molar-refractivity contribution in [2.45, 2.75) is 63.0 Å². The molecule has 3 amide bonds. The van der Waals surface area contributed by atoms with Crippen LogP contribution in [0.2, 0.25) is 5.02 Å². The number of hydrogen-bond acceptors (Lipinski definition) is 9. The summed E-state index contributed by atoms with van der Waals surface area (Å²) in [5.74, 6) is 0.366. The minimum Gasteiger partial charge on any atom is -0.481 e. The highest BCUT2D eigenvalue weighted by molar-refractivity contribution is 6.32. The molecule has 0 bridgehead atoms. The first-order chi connectivity index (χ1) is 24.6. The van der Waals surface area contributed by atoms with E-state index in [1.54, 1.807) is 13.2 Å². The number of benzene rings is 2. The summed E-state index contributed by atoms with van der Waals surface area (Å²) < 4.78 is 7.07. The van der Waals surface area contributed by atoms with Gasteiger partial charge >= 0.3 is 0 Å². The maximum atomic E-state index is 13.6. The number of aromatic nitrogens is 2. The molecule has 0 saturated carbocycles. The van der Waals surface area contributed by atoms with Gasteiger partial charge in [0.15, 0.2) is 6.10 Å². The fourth-order valence-electron chi connectivity index (χ4n) is 8.19. The number of carbonyl (C=O) groups excluding carboxylic acids is 3. The Hall–Kier alpha value is -4.42. The summed E-state index contributed by atoms with van der Waals surface area (Å²) in [5, 5.41) is 10.0. The van der Waals surface area contributed by atoms with E-state index < -0.39 is 6.10 Å². The van der Waals surface area contributed by atoms with Crippen LogP contribution in [0.15, 0.2) is 59.5 Å². The summed E-state index contributed by atoms with van der Waals surface area (Å²) >= 11 is 6.32. The van der Waals surface area contributed by atoms with Gasteiger partial charge in [-0.25, -0.2) is 4.68 Å². The number of nitrogens with zero attached hydrogens (tertiary/aromatic N) is 5. The number of aryl methyl sites for hydroxylation is 1. The normalized spacial score (nSPS) is 23.9. The molecule has 7 rings (SSSR count). The number of imide groups is 1. The van der Waals surface area contributed by atoms with Crippen molar-refractivity contribution in [2.24, 2.45) is 12.5 Å². The number of halogens is 1. The van der Waals surface area contributed by atoms with Gasteiger partial charge in [-0.05, 0) is 92.4 Å². The van der Waals surface area contributed by atoms with E-state index in [0.29, 0.717) is 24.3 Å². The molecule has 2 N–H and O–H groups in total. The lowest BCUT2D eigenvalue weighted by atomic mass is 9.71. The highest BCUT2D eigenvalue weighted by Crippen LogP contribution is 2.42. The number of carbonyl (C=O) groups is 3. The second-order valence-corrected chi connectivity index (χ2v) is 15.1. The first kappa shape index (κ1) is 35.0. The maximum absolute atomic E-state index is 13.6. The van der Waals surface area contributed by atoms with Gasteiger partial charge in [0.1, 0.15) is 10.8 Å². The topological polar surface area (TPSA) is 129 Å². The van der Waals surface area contributed by atoms with E-state index >= 15 is 0 Å². The quantitative estimate of drug-likeness (QED) is 0.349.